The van der Waals surface area contributed by atoms with Crippen LogP contribution in [0.5, 0.6) is 0 Å². The van der Waals surface area contributed by atoms with Gasteiger partial charge in [-0.05, 0) is 12.8 Å². The number of ether oxygens (including phenoxy) is 1. The van der Waals surface area contributed by atoms with Gasteiger partial charge < -0.3 is 25.8 Å². The molecule has 0 unspecified atom stereocenters. The molecule has 0 aromatic carbocycles. The van der Waals surface area contributed by atoms with Crippen LogP contribution in [-0.2, 0) is 14.3 Å². The molecule has 3 rings (SSSR count). The molecule has 30 heavy (non-hydrogen) atoms. The van der Waals surface area contributed by atoms with Crippen molar-refractivity contribution in [3.05, 3.63) is 12.7 Å². The number of imidazole rings is 1. The molecule has 160 valence electrons. The minimum atomic E-state index is -2.56. The fraction of sp³-hybridized carbons (Fsp3) is 0.611. The maximum absolute atomic E-state index is 12.7. The van der Waals surface area contributed by atoms with E-state index in [1.165, 1.54) is 17.2 Å². The summed E-state index contributed by atoms with van der Waals surface area (Å²) in [5.74, 6) is -1.39. The molecule has 0 spiro atoms. The van der Waals surface area contributed by atoms with E-state index in [9.17, 15) is 24.9 Å². The fourth-order valence-corrected chi connectivity index (χ4v) is 3.60. The van der Waals surface area contributed by atoms with Crippen molar-refractivity contribution >= 4 is 66.3 Å². The zero-order valence-electron chi connectivity index (χ0n) is 16.9. The van der Waals surface area contributed by atoms with Gasteiger partial charge in [0.15, 0.2) is 29.3 Å². The Kier molecular flexibility index (Phi) is 8.30. The van der Waals surface area contributed by atoms with Crippen molar-refractivity contribution in [2.75, 3.05) is 5.73 Å². The summed E-state index contributed by atoms with van der Waals surface area (Å²) in [4.78, 5) is 37.3. The third kappa shape index (κ3) is 4.12. The summed E-state index contributed by atoms with van der Waals surface area (Å²) in [6, 6.07) is 0. The van der Waals surface area contributed by atoms with Gasteiger partial charge in [-0.25, -0.2) is 15.0 Å². The molecule has 0 saturated carbocycles. The summed E-state index contributed by atoms with van der Waals surface area (Å²) in [5.41, 5.74) is 3.70. The molecule has 0 bridgehead atoms. The Bertz CT molecular complexity index is 904. The van der Waals surface area contributed by atoms with Crippen LogP contribution in [0.25, 0.3) is 11.2 Å². The van der Waals surface area contributed by atoms with E-state index >= 15 is 0 Å². The minimum absolute atomic E-state index is 0. The summed E-state index contributed by atoms with van der Waals surface area (Å²) in [6.07, 6.45) is -2.98. The van der Waals surface area contributed by atoms with Gasteiger partial charge in [-0.15, -0.1) is 0 Å². The van der Waals surface area contributed by atoms with Crippen molar-refractivity contribution in [1.82, 2.24) is 19.5 Å². The predicted molar refractivity (Wildman–Crippen MR) is 106 cm³/mol. The number of carbonyl (C=O) groups is 2. The summed E-state index contributed by atoms with van der Waals surface area (Å²) in [6.45, 7) is 3.46. The van der Waals surface area contributed by atoms with E-state index in [0.29, 0.717) is 12.8 Å². The number of fused-ring (bicyclic) bond motifs is 1. The molecule has 1 saturated heterocycles. The molecule has 1 fully saturated rings. The molecular weight excluding hydrogens is 422 g/mol. The number of aliphatic hydroxyl groups excluding tert-OH is 2. The minimum Gasteiger partial charge on any atom is -0.387 e. The number of aromatic nitrogens is 4. The van der Waals surface area contributed by atoms with Crippen LogP contribution >= 0.6 is 0 Å². The van der Waals surface area contributed by atoms with Crippen LogP contribution in [0.15, 0.2) is 12.7 Å². The second-order valence-electron chi connectivity index (χ2n) is 7.12. The average Bonchev–Trinajstić information content (AvgIpc) is 3.24. The molecule has 0 amide bonds. The number of hydrogen-bond acceptors (Lipinski definition) is 10. The number of rotatable bonds is 8. The van der Waals surface area contributed by atoms with Crippen molar-refractivity contribution < 1.29 is 29.6 Å². The number of anilines is 1. The number of nitrogens with zero attached hydrogens (tertiary/aromatic N) is 4. The first kappa shape index (κ1) is 25.1. The molecule has 11 nitrogen and oxygen atoms in total. The van der Waals surface area contributed by atoms with E-state index in [0.717, 1.165) is 0 Å². The van der Waals surface area contributed by atoms with Crippen LogP contribution in [0.4, 0.5) is 5.82 Å². The second-order valence-corrected chi connectivity index (χ2v) is 7.12. The summed E-state index contributed by atoms with van der Waals surface area (Å²) in [7, 11) is 0. The topological polar surface area (TPSA) is 174 Å². The standard InChI is InChI=1S/C18H25N5O6.Ca/c1-3-5-9(24)18(28,10(25)6-4-2)14-12(26)13(27)17(29-14)23-8-22-11-15(19)20-7-21-16(11)23;/h7-8,12-14,17,26-28H,3-6H2,1-2H3,(H2,19,20,21);/t12-,13+,14-,17+;/m0./s1. The van der Waals surface area contributed by atoms with E-state index < -0.39 is 41.7 Å². The van der Waals surface area contributed by atoms with Gasteiger partial charge in [0, 0.05) is 50.6 Å². The van der Waals surface area contributed by atoms with Gasteiger partial charge in [-0.1, -0.05) is 13.8 Å². The van der Waals surface area contributed by atoms with Gasteiger partial charge >= 0.3 is 0 Å². The molecule has 12 heteroatoms. The Morgan fingerprint density at radius 1 is 1.13 bits per heavy atom. The third-order valence-corrected chi connectivity index (χ3v) is 5.12. The van der Waals surface area contributed by atoms with Crippen molar-refractivity contribution in [3.63, 3.8) is 0 Å². The molecule has 1 aliphatic heterocycles. The van der Waals surface area contributed by atoms with E-state index in [2.05, 4.69) is 15.0 Å². The molecule has 2 aromatic rings. The molecule has 0 aliphatic carbocycles. The molecule has 1 aliphatic rings. The first-order valence-corrected chi connectivity index (χ1v) is 9.50. The van der Waals surface area contributed by atoms with E-state index in [-0.39, 0.29) is 67.6 Å². The van der Waals surface area contributed by atoms with Gasteiger partial charge in [0.25, 0.3) is 0 Å². The Balaban J connectivity index is 0.00000320. The molecule has 4 atom stereocenters. The number of Topliss-reactive ketones (excluding diaryl/α,β-unsaturated/α-hetero) is 2. The van der Waals surface area contributed by atoms with Crippen molar-refractivity contribution in [2.45, 2.75) is 69.7 Å². The number of nitrogen functional groups attached to an aromatic ring is 1. The van der Waals surface area contributed by atoms with Gasteiger partial charge in [-0.3, -0.25) is 14.2 Å². The van der Waals surface area contributed by atoms with E-state index in [1.807, 2.05) is 0 Å². The van der Waals surface area contributed by atoms with E-state index in [1.54, 1.807) is 13.8 Å². The predicted octanol–water partition coefficient (Wildman–Crippen LogP) is -0.884. The smallest absolute Gasteiger partial charge is 0.210 e. The van der Waals surface area contributed by atoms with Crippen LogP contribution in [0.2, 0.25) is 0 Å². The number of ketones is 2. The summed E-state index contributed by atoms with van der Waals surface area (Å²) < 4.78 is 7.02. The Morgan fingerprint density at radius 2 is 1.73 bits per heavy atom. The fourth-order valence-electron chi connectivity index (χ4n) is 3.60. The van der Waals surface area contributed by atoms with Gasteiger partial charge in [0.2, 0.25) is 5.60 Å². The average molecular weight is 448 g/mol. The van der Waals surface area contributed by atoms with Crippen LogP contribution in [0, 0.1) is 0 Å². The molecular formula is C18H25CaN5O6. The number of carbonyl (C=O) groups excluding carboxylic acids is 2. The summed E-state index contributed by atoms with van der Waals surface area (Å²) in [5, 5.41) is 32.3. The van der Waals surface area contributed by atoms with Gasteiger partial charge in [0.05, 0.1) is 6.33 Å². The van der Waals surface area contributed by atoms with Crippen LogP contribution in [0.3, 0.4) is 0 Å². The largest absolute Gasteiger partial charge is 0.387 e. The number of nitrogens with two attached hydrogens (primary N) is 1. The number of aliphatic hydroxyl groups is 3. The maximum atomic E-state index is 12.7. The Morgan fingerprint density at radius 3 is 2.30 bits per heavy atom. The Labute approximate surface area is 202 Å². The quantitative estimate of drug-likeness (QED) is 0.294. The third-order valence-electron chi connectivity index (χ3n) is 5.12. The van der Waals surface area contributed by atoms with E-state index in [4.69, 9.17) is 10.5 Å². The van der Waals surface area contributed by atoms with Gasteiger partial charge in [0.1, 0.15) is 30.2 Å². The van der Waals surface area contributed by atoms with Gasteiger partial charge in [-0.2, -0.15) is 0 Å². The molecule has 2 radical (unpaired) electrons. The second kappa shape index (κ2) is 9.94. The first-order chi connectivity index (χ1) is 13.8. The SMILES string of the molecule is CCCC(=O)C(O)(C(=O)CCC)[C@H]1O[C@@H](n2cnc3c(N)ncnc32)[C@H](O)[C@@H]1O.[Ca]. The normalized spacial score (nSPS) is 24.0. The molecule has 3 heterocycles. The maximum Gasteiger partial charge on any atom is 0.210 e. The van der Waals surface area contributed by atoms with Crippen LogP contribution in [0.1, 0.15) is 45.8 Å². The van der Waals surface area contributed by atoms with Crippen molar-refractivity contribution in [3.8, 4) is 0 Å². The zero-order chi connectivity index (χ0) is 21.3. The monoisotopic (exact) mass is 447 g/mol. The summed E-state index contributed by atoms with van der Waals surface area (Å²) >= 11 is 0. The van der Waals surface area contributed by atoms with Crippen molar-refractivity contribution in [2.24, 2.45) is 0 Å². The zero-order valence-corrected chi connectivity index (χ0v) is 19.1. The molecule has 2 aromatic heterocycles. The Hall–Kier alpha value is -1.21. The first-order valence-electron chi connectivity index (χ1n) is 9.50. The van der Waals surface area contributed by atoms with Crippen LogP contribution < -0.4 is 5.73 Å². The molecule has 5 N–H and O–H groups in total. The van der Waals surface area contributed by atoms with Crippen molar-refractivity contribution in [1.29, 1.82) is 0 Å². The number of hydrogen-bond donors (Lipinski definition) is 4. The van der Waals surface area contributed by atoms with Crippen LogP contribution in [-0.4, -0.2) is 108 Å².